The van der Waals surface area contributed by atoms with Crippen LogP contribution in [0.1, 0.15) is 0 Å². The monoisotopic (exact) mass is 145 g/mol. The topological polar surface area (TPSA) is 81.1 Å². The van der Waals surface area contributed by atoms with Crippen LogP contribution in [0.3, 0.4) is 0 Å². The molecule has 4 nitrogen and oxygen atoms in total. The Hall–Kier alpha value is -0.440. The molecule has 9 heavy (non-hydrogen) atoms. The largest absolute Gasteiger partial charge is 0.369 e. The number of amides is 1. The second-order valence-electron chi connectivity index (χ2n) is 1.82. The fourth-order valence-electron chi connectivity index (χ4n) is 0.644. The zero-order valence-electron chi connectivity index (χ0n) is 4.74. The molecule has 0 saturated carbocycles. The number of primary amides is 1. The van der Waals surface area contributed by atoms with Crippen molar-refractivity contribution in [2.75, 3.05) is 0 Å². The van der Waals surface area contributed by atoms with Gasteiger partial charge in [-0.2, -0.15) is 0 Å². The molecule has 0 bridgehead atoms. The van der Waals surface area contributed by atoms with Crippen molar-refractivity contribution in [1.82, 2.24) is 5.32 Å². The normalized spacial score (nSPS) is 34.8. The number of nitrogens with one attached hydrogen (secondary N) is 1. The summed E-state index contributed by atoms with van der Waals surface area (Å²) in [7, 11) is 0.874. The lowest BCUT2D eigenvalue weighted by atomic mass is 10.3. The molecule has 1 rings (SSSR count). The number of carbonyl (C=O) groups is 1. The van der Waals surface area contributed by atoms with Crippen molar-refractivity contribution in [3.63, 3.8) is 0 Å². The van der Waals surface area contributed by atoms with Gasteiger partial charge in [-0.25, -0.2) is 0 Å². The molecule has 1 amide bonds. The van der Waals surface area contributed by atoms with Crippen molar-refractivity contribution in [2.24, 2.45) is 11.5 Å². The lowest BCUT2D eigenvalue weighted by Crippen LogP contribution is -2.45. The minimum Gasteiger partial charge on any atom is -0.369 e. The first-order chi connectivity index (χ1) is 4.22. The highest BCUT2D eigenvalue weighted by Crippen LogP contribution is 2.12. The molecule has 0 aliphatic carbocycles. The Morgan fingerprint density at radius 3 is 2.67 bits per heavy atom. The van der Waals surface area contributed by atoms with Crippen LogP contribution in [0.15, 0.2) is 0 Å². The van der Waals surface area contributed by atoms with E-state index in [-0.39, 0.29) is 17.7 Å². The summed E-state index contributed by atoms with van der Waals surface area (Å²) < 4.78 is 0. The van der Waals surface area contributed by atoms with E-state index in [1.165, 1.54) is 0 Å². The number of hydrogen-bond donors (Lipinski definition) is 3. The molecule has 2 atom stereocenters. The summed E-state index contributed by atoms with van der Waals surface area (Å²) in [5, 5.41) is 2.79. The summed E-state index contributed by atoms with van der Waals surface area (Å²) in [5.74, 6) is 1.39. The van der Waals surface area contributed by atoms with Gasteiger partial charge in [-0.15, -0.1) is 0 Å². The molecular formula is C4H8N3OP. The average molecular weight is 145 g/mol. The van der Waals surface area contributed by atoms with Gasteiger partial charge in [0.05, 0.1) is 6.17 Å². The Balaban J connectivity index is 2.59. The van der Waals surface area contributed by atoms with Gasteiger partial charge in [0.2, 0.25) is 5.91 Å². The fraction of sp³-hybridized carbons (Fsp3) is 0.500. The Bertz CT molecular complexity index is 158. The molecule has 0 saturated heterocycles. The smallest absolute Gasteiger partial charge is 0.231 e. The molecule has 1 aliphatic heterocycles. The van der Waals surface area contributed by atoms with Crippen molar-refractivity contribution in [3.05, 3.63) is 0 Å². The lowest BCUT2D eigenvalue weighted by molar-refractivity contribution is -0.117. The summed E-state index contributed by atoms with van der Waals surface area (Å²) in [6, 6.07) is 0. The Morgan fingerprint density at radius 1 is 1.78 bits per heavy atom. The van der Waals surface area contributed by atoms with Gasteiger partial charge in [0.25, 0.3) is 0 Å². The number of hydrogen-bond acceptors (Lipinski definition) is 3. The zero-order valence-corrected chi connectivity index (χ0v) is 5.64. The molecule has 0 aromatic rings. The van der Waals surface area contributed by atoms with E-state index in [9.17, 15) is 4.79 Å². The Morgan fingerprint density at radius 2 is 2.44 bits per heavy atom. The predicted octanol–water partition coefficient (Wildman–Crippen LogP) is -1.57. The highest BCUT2D eigenvalue weighted by atomic mass is 31.1. The number of rotatable bonds is 1. The Labute approximate surface area is 54.4 Å². The highest BCUT2D eigenvalue weighted by Gasteiger charge is 2.23. The summed E-state index contributed by atoms with van der Waals surface area (Å²) in [6.45, 7) is 0. The maximum Gasteiger partial charge on any atom is 0.231 e. The number of nitrogens with two attached hydrogens (primary N) is 2. The number of carbonyl (C=O) groups excluding carboxylic acids is 1. The fourth-order valence-corrected chi connectivity index (χ4v) is 1.48. The second kappa shape index (κ2) is 2.43. The predicted molar refractivity (Wildman–Crippen MR) is 37.1 cm³/mol. The minimum atomic E-state index is -0.342. The lowest BCUT2D eigenvalue weighted by Gasteiger charge is -2.08. The molecule has 1 heterocycles. The van der Waals surface area contributed by atoms with Gasteiger partial charge in [-0.05, 0) is 0 Å². The SMILES string of the molecule is NC(=O)C1P=CNC1N. The molecule has 50 valence electrons. The molecular weight excluding hydrogens is 137 g/mol. The molecule has 0 fully saturated rings. The third kappa shape index (κ3) is 1.27. The standard InChI is InChI=1S/C4H8N3OP/c5-3-2(4(6)8)9-1-7-3/h1-3,7H,5H2,(H2,6,8). The van der Waals surface area contributed by atoms with E-state index in [2.05, 4.69) is 5.32 Å². The van der Waals surface area contributed by atoms with Crippen molar-refractivity contribution in [3.8, 4) is 0 Å². The van der Waals surface area contributed by atoms with Crippen LogP contribution in [0.4, 0.5) is 0 Å². The molecule has 5 heteroatoms. The van der Waals surface area contributed by atoms with Gasteiger partial charge >= 0.3 is 0 Å². The maximum absolute atomic E-state index is 10.5. The van der Waals surface area contributed by atoms with Crippen molar-refractivity contribution in [2.45, 2.75) is 11.8 Å². The highest BCUT2D eigenvalue weighted by molar-refractivity contribution is 7.41. The summed E-state index contributed by atoms with van der Waals surface area (Å²) in [6.07, 6.45) is -0.288. The van der Waals surface area contributed by atoms with E-state index in [1.807, 2.05) is 0 Å². The van der Waals surface area contributed by atoms with Crippen molar-refractivity contribution < 1.29 is 4.79 Å². The average Bonchev–Trinajstić information content (AvgIpc) is 2.13. The van der Waals surface area contributed by atoms with Gasteiger partial charge in [0.1, 0.15) is 5.66 Å². The van der Waals surface area contributed by atoms with Gasteiger partial charge in [-0.3, -0.25) is 10.1 Å². The first kappa shape index (κ1) is 6.68. The summed E-state index contributed by atoms with van der Waals surface area (Å²) in [4.78, 5) is 10.5. The third-order valence-corrected chi connectivity index (χ3v) is 2.33. The van der Waals surface area contributed by atoms with Gasteiger partial charge in [-0.1, -0.05) is 8.20 Å². The van der Waals surface area contributed by atoms with E-state index in [0.29, 0.717) is 0 Å². The second-order valence-corrected chi connectivity index (χ2v) is 2.93. The molecule has 1 aliphatic rings. The van der Waals surface area contributed by atoms with Crippen LogP contribution in [0.25, 0.3) is 0 Å². The van der Waals surface area contributed by atoms with Crippen LogP contribution in [-0.4, -0.2) is 23.7 Å². The third-order valence-electron chi connectivity index (χ3n) is 1.13. The van der Waals surface area contributed by atoms with Crippen molar-refractivity contribution in [1.29, 1.82) is 0 Å². The first-order valence-corrected chi connectivity index (χ1v) is 3.57. The van der Waals surface area contributed by atoms with Crippen LogP contribution in [0.5, 0.6) is 0 Å². The summed E-state index contributed by atoms with van der Waals surface area (Å²) >= 11 is 0. The van der Waals surface area contributed by atoms with Crippen LogP contribution in [0.2, 0.25) is 0 Å². The van der Waals surface area contributed by atoms with Crippen LogP contribution in [-0.2, 0) is 4.79 Å². The molecule has 0 aromatic carbocycles. The molecule has 5 N–H and O–H groups in total. The van der Waals surface area contributed by atoms with Gasteiger partial charge in [0, 0.05) is 5.92 Å². The van der Waals surface area contributed by atoms with E-state index >= 15 is 0 Å². The van der Waals surface area contributed by atoms with Crippen LogP contribution < -0.4 is 16.8 Å². The van der Waals surface area contributed by atoms with E-state index in [0.717, 1.165) is 8.20 Å². The quantitative estimate of drug-likeness (QED) is 0.390. The summed E-state index contributed by atoms with van der Waals surface area (Å²) in [5.41, 5.74) is 10.2. The maximum atomic E-state index is 10.5. The van der Waals surface area contributed by atoms with E-state index in [4.69, 9.17) is 11.5 Å². The van der Waals surface area contributed by atoms with Gasteiger partial charge in [0.15, 0.2) is 0 Å². The van der Waals surface area contributed by atoms with Gasteiger partial charge < -0.3 is 11.5 Å². The minimum absolute atomic E-state index is 0.245. The van der Waals surface area contributed by atoms with Crippen LogP contribution >= 0.6 is 8.20 Å². The first-order valence-electron chi connectivity index (χ1n) is 2.54. The zero-order chi connectivity index (χ0) is 6.85. The van der Waals surface area contributed by atoms with E-state index < -0.39 is 0 Å². The molecule has 0 spiro atoms. The van der Waals surface area contributed by atoms with E-state index in [1.54, 1.807) is 5.92 Å². The molecule has 0 radical (unpaired) electrons. The Kier molecular flexibility index (Phi) is 1.81. The molecule has 2 unspecified atom stereocenters. The van der Waals surface area contributed by atoms with Crippen LogP contribution in [0, 0.1) is 0 Å². The van der Waals surface area contributed by atoms with Crippen molar-refractivity contribution >= 4 is 20.0 Å². The molecule has 0 aromatic heterocycles.